The molecule has 0 N–H and O–H groups in total. The largest absolute Gasteiger partial charge is 0.496 e. The second-order valence-corrected chi connectivity index (χ2v) is 5.91. The van der Waals surface area contributed by atoms with Gasteiger partial charge in [-0.05, 0) is 45.4 Å². The zero-order chi connectivity index (χ0) is 16.8. The van der Waals surface area contributed by atoms with E-state index in [1.807, 2.05) is 18.7 Å². The third kappa shape index (κ3) is 4.02. The van der Waals surface area contributed by atoms with E-state index in [0.29, 0.717) is 30.9 Å². The van der Waals surface area contributed by atoms with E-state index in [1.165, 1.54) is 6.07 Å². The van der Waals surface area contributed by atoms with E-state index >= 15 is 0 Å². The van der Waals surface area contributed by atoms with Crippen LogP contribution in [0.15, 0.2) is 18.2 Å². The van der Waals surface area contributed by atoms with Crippen LogP contribution in [0.1, 0.15) is 38.7 Å². The number of carbonyl (C=O) groups excluding carboxylic acids is 1. The van der Waals surface area contributed by atoms with Crippen molar-refractivity contribution in [2.24, 2.45) is 0 Å². The van der Waals surface area contributed by atoms with Gasteiger partial charge in [-0.15, -0.1) is 0 Å². The zero-order valence-electron chi connectivity index (χ0n) is 14.3. The molecule has 0 saturated carbocycles. The summed E-state index contributed by atoms with van der Waals surface area (Å²) >= 11 is 0. The van der Waals surface area contributed by atoms with Gasteiger partial charge in [0.1, 0.15) is 11.6 Å². The second kappa shape index (κ2) is 8.29. The summed E-state index contributed by atoms with van der Waals surface area (Å²) in [5, 5.41) is 0. The first kappa shape index (κ1) is 17.7. The van der Waals surface area contributed by atoms with E-state index < -0.39 is 0 Å². The molecule has 4 nitrogen and oxygen atoms in total. The molecule has 0 unspecified atom stereocenters. The molecule has 0 radical (unpaired) electrons. The number of likely N-dealkylation sites (N-methyl/N-ethyl adjacent to an activating group) is 1. The first-order valence-electron chi connectivity index (χ1n) is 8.46. The number of nitrogens with zero attached hydrogens (tertiary/aromatic N) is 2. The van der Waals surface area contributed by atoms with E-state index in [2.05, 4.69) is 4.90 Å². The highest BCUT2D eigenvalue weighted by Gasteiger charge is 2.32. The number of likely N-dealkylation sites (tertiary alicyclic amines) is 1. The van der Waals surface area contributed by atoms with Gasteiger partial charge in [0.25, 0.3) is 0 Å². The molecule has 1 atom stereocenters. The number of carbonyl (C=O) groups is 1. The molecule has 5 heteroatoms. The molecular weight excluding hydrogens is 295 g/mol. The number of halogens is 1. The van der Waals surface area contributed by atoms with Crippen molar-refractivity contribution in [3.8, 4) is 5.75 Å². The molecule has 1 saturated heterocycles. The number of rotatable bonds is 6. The minimum Gasteiger partial charge on any atom is -0.496 e. The summed E-state index contributed by atoms with van der Waals surface area (Å²) in [6, 6.07) is 4.70. The Morgan fingerprint density at radius 3 is 2.74 bits per heavy atom. The quantitative estimate of drug-likeness (QED) is 0.807. The summed E-state index contributed by atoms with van der Waals surface area (Å²) in [7, 11) is 1.55. The fraction of sp³-hybridized carbons (Fsp3) is 0.611. The summed E-state index contributed by atoms with van der Waals surface area (Å²) in [6.07, 6.45) is 2.92. The highest BCUT2D eigenvalue weighted by atomic mass is 19.1. The number of methoxy groups -OCH3 is 1. The lowest BCUT2D eigenvalue weighted by Gasteiger charge is -2.37. The average Bonchev–Trinajstić information content (AvgIpc) is 2.58. The molecule has 1 fully saturated rings. The number of piperidine rings is 1. The molecule has 2 rings (SSSR count). The molecule has 0 bridgehead atoms. The molecule has 1 aromatic rings. The van der Waals surface area contributed by atoms with Gasteiger partial charge < -0.3 is 9.64 Å². The van der Waals surface area contributed by atoms with Gasteiger partial charge in [-0.3, -0.25) is 9.69 Å². The summed E-state index contributed by atoms with van der Waals surface area (Å²) in [5.41, 5.74) is 0.536. The Labute approximate surface area is 138 Å². The standard InChI is InChI=1S/C18H27FN2O2/c1-4-20(5-2)18(22)16-10-6-7-12-21(16)13-14-15(19)9-8-11-17(14)23-3/h8-9,11,16H,4-7,10,12-13H2,1-3H3/t16-/m0/s1. The van der Waals surface area contributed by atoms with Crippen molar-refractivity contribution in [3.05, 3.63) is 29.6 Å². The summed E-state index contributed by atoms with van der Waals surface area (Å²) in [5.74, 6) is 0.429. The van der Waals surface area contributed by atoms with Crippen LogP contribution in [0.25, 0.3) is 0 Å². The predicted molar refractivity (Wildman–Crippen MR) is 88.9 cm³/mol. The zero-order valence-corrected chi connectivity index (χ0v) is 14.3. The van der Waals surface area contributed by atoms with Crippen molar-refractivity contribution < 1.29 is 13.9 Å². The van der Waals surface area contributed by atoms with Crippen molar-refractivity contribution >= 4 is 5.91 Å². The van der Waals surface area contributed by atoms with E-state index in [9.17, 15) is 9.18 Å². The van der Waals surface area contributed by atoms with Crippen molar-refractivity contribution in [3.63, 3.8) is 0 Å². The van der Waals surface area contributed by atoms with Crippen LogP contribution < -0.4 is 4.74 Å². The van der Waals surface area contributed by atoms with E-state index in [1.54, 1.807) is 19.2 Å². The van der Waals surface area contributed by atoms with Crippen molar-refractivity contribution in [2.45, 2.75) is 45.7 Å². The third-order valence-electron chi connectivity index (χ3n) is 4.63. The fourth-order valence-electron chi connectivity index (χ4n) is 3.29. The highest BCUT2D eigenvalue weighted by Crippen LogP contribution is 2.27. The Morgan fingerprint density at radius 2 is 2.09 bits per heavy atom. The summed E-state index contributed by atoms with van der Waals surface area (Å²) in [4.78, 5) is 16.7. The smallest absolute Gasteiger partial charge is 0.239 e. The van der Waals surface area contributed by atoms with Gasteiger partial charge >= 0.3 is 0 Å². The highest BCUT2D eigenvalue weighted by molar-refractivity contribution is 5.82. The molecule has 1 aliphatic rings. The van der Waals surface area contributed by atoms with Gasteiger partial charge in [-0.1, -0.05) is 12.5 Å². The lowest BCUT2D eigenvalue weighted by Crippen LogP contribution is -2.50. The van der Waals surface area contributed by atoms with E-state index in [-0.39, 0.29) is 17.8 Å². The second-order valence-electron chi connectivity index (χ2n) is 5.91. The maximum absolute atomic E-state index is 14.2. The van der Waals surface area contributed by atoms with Crippen molar-refractivity contribution in [2.75, 3.05) is 26.7 Å². The lowest BCUT2D eigenvalue weighted by molar-refractivity contribution is -0.138. The first-order chi connectivity index (χ1) is 11.1. The average molecular weight is 322 g/mol. The van der Waals surface area contributed by atoms with Crippen LogP contribution in [0.3, 0.4) is 0 Å². The number of hydrogen-bond acceptors (Lipinski definition) is 3. The van der Waals surface area contributed by atoms with Crippen LogP contribution in [0.4, 0.5) is 4.39 Å². The van der Waals surface area contributed by atoms with Crippen molar-refractivity contribution in [1.29, 1.82) is 0 Å². The Kier molecular flexibility index (Phi) is 6.39. The van der Waals surface area contributed by atoms with E-state index in [4.69, 9.17) is 4.74 Å². The molecule has 1 heterocycles. The molecule has 1 aliphatic heterocycles. The molecular formula is C18H27FN2O2. The maximum atomic E-state index is 14.2. The van der Waals surface area contributed by atoms with Crippen LogP contribution in [0.2, 0.25) is 0 Å². The summed E-state index contributed by atoms with van der Waals surface area (Å²) in [6.45, 7) is 6.64. The lowest BCUT2D eigenvalue weighted by atomic mass is 9.99. The van der Waals surface area contributed by atoms with Crippen LogP contribution in [-0.4, -0.2) is 48.5 Å². The Hall–Kier alpha value is -1.62. The molecule has 23 heavy (non-hydrogen) atoms. The van der Waals surface area contributed by atoms with Gasteiger partial charge in [0.15, 0.2) is 0 Å². The Morgan fingerprint density at radius 1 is 1.35 bits per heavy atom. The van der Waals surface area contributed by atoms with Gasteiger partial charge in [0.05, 0.1) is 13.2 Å². The van der Waals surface area contributed by atoms with Gasteiger partial charge in [-0.25, -0.2) is 4.39 Å². The number of hydrogen-bond donors (Lipinski definition) is 0. The van der Waals surface area contributed by atoms with Crippen molar-refractivity contribution in [1.82, 2.24) is 9.80 Å². The number of benzene rings is 1. The minimum atomic E-state index is -0.274. The number of ether oxygens (including phenoxy) is 1. The third-order valence-corrected chi connectivity index (χ3v) is 4.63. The SMILES string of the molecule is CCN(CC)C(=O)[C@@H]1CCCCN1Cc1c(F)cccc1OC. The van der Waals surface area contributed by atoms with Crippen LogP contribution in [-0.2, 0) is 11.3 Å². The summed E-state index contributed by atoms with van der Waals surface area (Å²) < 4.78 is 19.5. The van der Waals surface area contributed by atoms with Gasteiger partial charge in [0.2, 0.25) is 5.91 Å². The van der Waals surface area contributed by atoms with Gasteiger partial charge in [-0.2, -0.15) is 0 Å². The molecule has 0 aliphatic carbocycles. The normalized spacial score (nSPS) is 18.7. The molecule has 1 amide bonds. The Bertz CT molecular complexity index is 532. The first-order valence-corrected chi connectivity index (χ1v) is 8.46. The predicted octanol–water partition coefficient (Wildman–Crippen LogP) is 3.06. The monoisotopic (exact) mass is 322 g/mol. The number of amides is 1. The van der Waals surface area contributed by atoms with Crippen LogP contribution in [0.5, 0.6) is 5.75 Å². The minimum absolute atomic E-state index is 0.157. The van der Waals surface area contributed by atoms with Gasteiger partial charge in [0, 0.05) is 25.2 Å². The molecule has 0 spiro atoms. The van der Waals surface area contributed by atoms with Crippen LogP contribution in [0, 0.1) is 5.82 Å². The maximum Gasteiger partial charge on any atom is 0.239 e. The molecule has 0 aromatic heterocycles. The topological polar surface area (TPSA) is 32.8 Å². The van der Waals surface area contributed by atoms with E-state index in [0.717, 1.165) is 25.8 Å². The molecule has 128 valence electrons. The Balaban J connectivity index is 2.21. The fourth-order valence-corrected chi connectivity index (χ4v) is 3.29. The van der Waals surface area contributed by atoms with Crippen LogP contribution >= 0.6 is 0 Å². The molecule has 1 aromatic carbocycles.